The molecule has 0 fully saturated rings. The van der Waals surface area contributed by atoms with Crippen LogP contribution in [0.25, 0.3) is 10.9 Å². The molecule has 0 aliphatic rings. The van der Waals surface area contributed by atoms with Crippen LogP contribution in [0.4, 0.5) is 0 Å². The maximum absolute atomic E-state index is 12.6. The lowest BCUT2D eigenvalue weighted by molar-refractivity contribution is 0.296. The Kier molecular flexibility index (Phi) is 5.14. The normalized spacial score (nSPS) is 11.3. The molecule has 2 aromatic carbocycles. The topological polar surface area (TPSA) is 58.1 Å². The molecule has 3 aromatic rings. The van der Waals surface area contributed by atoms with Crippen LogP contribution in [0, 0.1) is 0 Å². The van der Waals surface area contributed by atoms with E-state index in [-0.39, 0.29) is 17.8 Å². The van der Waals surface area contributed by atoms with Gasteiger partial charge >= 0.3 is 5.69 Å². The van der Waals surface area contributed by atoms with Crippen molar-refractivity contribution in [2.24, 2.45) is 0 Å². The molecule has 0 saturated heterocycles. The Hall–Kier alpha value is -2.66. The predicted octanol–water partition coefficient (Wildman–Crippen LogP) is 2.58. The van der Waals surface area contributed by atoms with E-state index in [2.05, 4.69) is 35.9 Å². The van der Waals surface area contributed by atoms with Gasteiger partial charge in [-0.15, -0.1) is 0 Å². The number of rotatable bonds is 6. The van der Waals surface area contributed by atoms with Crippen LogP contribution in [0.5, 0.6) is 0 Å². The van der Waals surface area contributed by atoms with E-state index in [0.717, 1.165) is 25.2 Å². The number of H-pyrrole nitrogens is 1. The van der Waals surface area contributed by atoms with Gasteiger partial charge in [0.05, 0.1) is 17.4 Å². The molecule has 1 aromatic heterocycles. The molecule has 0 spiro atoms. The Bertz CT molecular complexity index is 984. The summed E-state index contributed by atoms with van der Waals surface area (Å²) >= 11 is 0. The number of fused-ring (bicyclic) bond motifs is 1. The lowest BCUT2D eigenvalue weighted by atomic mass is 10.1. The molecule has 3 rings (SSSR count). The van der Waals surface area contributed by atoms with Crippen molar-refractivity contribution in [1.82, 2.24) is 14.5 Å². The van der Waals surface area contributed by atoms with E-state index in [1.807, 2.05) is 12.1 Å². The standard InChI is InChI=1S/C20H23N3O2/c1-3-22(4-2)13-15-8-7-9-16(12-15)14-23-19(24)17-10-5-6-11-18(17)21-20(23)25/h5-12H,3-4,13-14H2,1-2H3,(H,21,25). The maximum Gasteiger partial charge on any atom is 0.329 e. The molecular weight excluding hydrogens is 314 g/mol. The van der Waals surface area contributed by atoms with E-state index >= 15 is 0 Å². The second kappa shape index (κ2) is 7.49. The van der Waals surface area contributed by atoms with Crippen molar-refractivity contribution >= 4 is 10.9 Å². The zero-order chi connectivity index (χ0) is 17.8. The fraction of sp³-hybridized carbons (Fsp3) is 0.300. The molecule has 0 radical (unpaired) electrons. The first-order valence-electron chi connectivity index (χ1n) is 8.64. The van der Waals surface area contributed by atoms with Gasteiger partial charge in [0.25, 0.3) is 5.56 Å². The Morgan fingerprint density at radius 1 is 0.960 bits per heavy atom. The van der Waals surface area contributed by atoms with Crippen molar-refractivity contribution in [3.05, 3.63) is 80.5 Å². The van der Waals surface area contributed by atoms with Crippen molar-refractivity contribution in [2.75, 3.05) is 13.1 Å². The van der Waals surface area contributed by atoms with E-state index in [0.29, 0.717) is 10.9 Å². The Morgan fingerprint density at radius 2 is 1.68 bits per heavy atom. The SMILES string of the molecule is CCN(CC)Cc1cccc(Cn2c(=O)[nH]c3ccccc3c2=O)c1. The third-order valence-corrected chi connectivity index (χ3v) is 4.52. The summed E-state index contributed by atoms with van der Waals surface area (Å²) in [5.74, 6) is 0. The molecule has 1 N–H and O–H groups in total. The van der Waals surface area contributed by atoms with Crippen LogP contribution in [-0.4, -0.2) is 27.5 Å². The summed E-state index contributed by atoms with van der Waals surface area (Å²) in [5.41, 5.74) is 2.08. The molecule has 0 amide bonds. The number of benzene rings is 2. The molecule has 0 atom stereocenters. The zero-order valence-electron chi connectivity index (χ0n) is 14.7. The lowest BCUT2D eigenvalue weighted by Crippen LogP contribution is -2.35. The van der Waals surface area contributed by atoms with Crippen LogP contribution in [0.3, 0.4) is 0 Å². The van der Waals surface area contributed by atoms with Gasteiger partial charge in [0.15, 0.2) is 0 Å². The first-order valence-corrected chi connectivity index (χ1v) is 8.64. The first-order chi connectivity index (χ1) is 12.1. The first kappa shape index (κ1) is 17.2. The van der Waals surface area contributed by atoms with Gasteiger partial charge in [0.1, 0.15) is 0 Å². The lowest BCUT2D eigenvalue weighted by Gasteiger charge is -2.18. The summed E-state index contributed by atoms with van der Waals surface area (Å²) in [7, 11) is 0. The number of hydrogen-bond acceptors (Lipinski definition) is 3. The summed E-state index contributed by atoms with van der Waals surface area (Å²) in [4.78, 5) is 30.1. The van der Waals surface area contributed by atoms with Gasteiger partial charge in [0, 0.05) is 6.54 Å². The van der Waals surface area contributed by atoms with Crippen molar-refractivity contribution in [3.8, 4) is 0 Å². The second-order valence-electron chi connectivity index (χ2n) is 6.15. The van der Waals surface area contributed by atoms with Crippen LogP contribution < -0.4 is 11.2 Å². The molecule has 5 nitrogen and oxygen atoms in total. The maximum atomic E-state index is 12.6. The van der Waals surface area contributed by atoms with Gasteiger partial charge < -0.3 is 4.98 Å². The van der Waals surface area contributed by atoms with Gasteiger partial charge in [-0.25, -0.2) is 4.79 Å². The zero-order valence-corrected chi connectivity index (χ0v) is 14.7. The average molecular weight is 337 g/mol. The minimum atomic E-state index is -0.377. The molecule has 0 unspecified atom stereocenters. The van der Waals surface area contributed by atoms with Gasteiger partial charge in [-0.3, -0.25) is 14.3 Å². The summed E-state index contributed by atoms with van der Waals surface area (Å²) in [6.45, 7) is 7.40. The van der Waals surface area contributed by atoms with Crippen LogP contribution >= 0.6 is 0 Å². The van der Waals surface area contributed by atoms with Crippen LogP contribution in [0.2, 0.25) is 0 Å². The quantitative estimate of drug-likeness (QED) is 0.752. The number of hydrogen-bond donors (Lipinski definition) is 1. The number of aromatic amines is 1. The molecule has 130 valence electrons. The molecule has 1 heterocycles. The van der Waals surface area contributed by atoms with E-state index in [1.165, 1.54) is 10.1 Å². The third kappa shape index (κ3) is 3.72. The van der Waals surface area contributed by atoms with Gasteiger partial charge in [-0.2, -0.15) is 0 Å². The second-order valence-corrected chi connectivity index (χ2v) is 6.15. The Morgan fingerprint density at radius 3 is 2.44 bits per heavy atom. The smallest absolute Gasteiger partial charge is 0.307 e. The van der Waals surface area contributed by atoms with Gasteiger partial charge in [-0.05, 0) is 36.3 Å². The van der Waals surface area contributed by atoms with E-state index in [1.54, 1.807) is 24.3 Å². The van der Waals surface area contributed by atoms with Crippen LogP contribution in [0.15, 0.2) is 58.1 Å². The van der Waals surface area contributed by atoms with Crippen molar-refractivity contribution in [2.45, 2.75) is 26.9 Å². The highest BCUT2D eigenvalue weighted by atomic mass is 16.2. The average Bonchev–Trinajstić information content (AvgIpc) is 2.63. The fourth-order valence-electron chi connectivity index (χ4n) is 3.06. The third-order valence-electron chi connectivity index (χ3n) is 4.52. The minimum Gasteiger partial charge on any atom is -0.307 e. The van der Waals surface area contributed by atoms with E-state index in [4.69, 9.17) is 0 Å². The van der Waals surface area contributed by atoms with Gasteiger partial charge in [0.2, 0.25) is 0 Å². The molecule has 0 saturated carbocycles. The largest absolute Gasteiger partial charge is 0.329 e. The van der Waals surface area contributed by atoms with Crippen molar-refractivity contribution in [1.29, 1.82) is 0 Å². The summed E-state index contributed by atoms with van der Waals surface area (Å²) in [5, 5.41) is 0.529. The number of nitrogens with one attached hydrogen (secondary N) is 1. The molecule has 0 bridgehead atoms. The highest BCUT2D eigenvalue weighted by Gasteiger charge is 2.08. The highest BCUT2D eigenvalue weighted by molar-refractivity contribution is 5.76. The van der Waals surface area contributed by atoms with E-state index < -0.39 is 0 Å². The summed E-state index contributed by atoms with van der Waals surface area (Å²) in [6, 6.07) is 15.2. The highest BCUT2D eigenvalue weighted by Crippen LogP contribution is 2.10. The number of aromatic nitrogens is 2. The van der Waals surface area contributed by atoms with Crippen LogP contribution in [0.1, 0.15) is 25.0 Å². The van der Waals surface area contributed by atoms with E-state index in [9.17, 15) is 9.59 Å². The molecule has 0 aliphatic heterocycles. The number of para-hydroxylation sites is 1. The molecular formula is C20H23N3O2. The van der Waals surface area contributed by atoms with Crippen molar-refractivity contribution in [3.63, 3.8) is 0 Å². The fourth-order valence-corrected chi connectivity index (χ4v) is 3.06. The van der Waals surface area contributed by atoms with Crippen LogP contribution in [-0.2, 0) is 13.1 Å². The molecule has 0 aliphatic carbocycles. The summed E-state index contributed by atoms with van der Waals surface area (Å²) in [6.07, 6.45) is 0. The van der Waals surface area contributed by atoms with Gasteiger partial charge in [-0.1, -0.05) is 50.2 Å². The monoisotopic (exact) mass is 337 g/mol. The predicted molar refractivity (Wildman–Crippen MR) is 101 cm³/mol. The summed E-state index contributed by atoms with van der Waals surface area (Å²) < 4.78 is 1.26. The minimum absolute atomic E-state index is 0.256. The Labute approximate surface area is 146 Å². The number of nitrogens with zero attached hydrogens (tertiary/aromatic N) is 2. The van der Waals surface area contributed by atoms with Crippen molar-refractivity contribution < 1.29 is 0 Å². The molecule has 25 heavy (non-hydrogen) atoms. The Balaban J connectivity index is 1.94. The molecule has 5 heteroatoms.